The van der Waals surface area contributed by atoms with Gasteiger partial charge in [-0.2, -0.15) is 4.68 Å². The first-order valence-electron chi connectivity index (χ1n) is 7.04. The largest absolute Gasteiger partial charge is 0.200 e. The van der Waals surface area contributed by atoms with E-state index in [-0.39, 0.29) is 0 Å². The molecule has 0 bridgehead atoms. The molecule has 0 amide bonds. The molecule has 1 aromatic carbocycles. The Kier molecular flexibility index (Phi) is 3.09. The van der Waals surface area contributed by atoms with E-state index in [1.54, 1.807) is 6.33 Å². The zero-order valence-electron chi connectivity index (χ0n) is 11.7. The van der Waals surface area contributed by atoms with Crippen molar-refractivity contribution in [1.29, 1.82) is 0 Å². The number of para-hydroxylation sites is 1. The van der Waals surface area contributed by atoms with Crippen LogP contribution in [0.3, 0.4) is 0 Å². The van der Waals surface area contributed by atoms with E-state index in [0.717, 1.165) is 5.92 Å². The fourth-order valence-corrected chi connectivity index (χ4v) is 2.79. The van der Waals surface area contributed by atoms with E-state index in [0.29, 0.717) is 11.8 Å². The van der Waals surface area contributed by atoms with E-state index in [2.05, 4.69) is 54.5 Å². The Labute approximate surface area is 113 Å². The third kappa shape index (κ3) is 2.27. The molecular formula is C15H20N4. The molecule has 0 aliphatic heterocycles. The molecule has 1 fully saturated rings. The molecule has 0 N–H and O–H groups in total. The Balaban J connectivity index is 2.15. The molecular weight excluding hydrogens is 236 g/mol. The molecule has 1 heterocycles. The average molecular weight is 256 g/mol. The summed E-state index contributed by atoms with van der Waals surface area (Å²) in [6.45, 7) is 6.76. The summed E-state index contributed by atoms with van der Waals surface area (Å²) < 4.78 is 1.82. The molecule has 0 radical (unpaired) electrons. The average Bonchev–Trinajstić information content (AvgIpc) is 3.12. The van der Waals surface area contributed by atoms with Gasteiger partial charge < -0.3 is 0 Å². The van der Waals surface area contributed by atoms with Crippen LogP contribution in [0.25, 0.3) is 5.69 Å². The summed E-state index contributed by atoms with van der Waals surface area (Å²) in [5.41, 5.74) is 3.88. The minimum atomic E-state index is 0.463. The highest BCUT2D eigenvalue weighted by Gasteiger charge is 2.31. The predicted octanol–water partition coefficient (Wildman–Crippen LogP) is 3.30. The summed E-state index contributed by atoms with van der Waals surface area (Å²) in [6, 6.07) is 6.58. The van der Waals surface area contributed by atoms with Crippen molar-refractivity contribution in [1.82, 2.24) is 20.2 Å². The quantitative estimate of drug-likeness (QED) is 0.843. The smallest absolute Gasteiger partial charge is 0.143 e. The lowest BCUT2D eigenvalue weighted by Gasteiger charge is -2.20. The van der Waals surface area contributed by atoms with Gasteiger partial charge in [-0.25, -0.2) is 0 Å². The second-order valence-electron chi connectivity index (χ2n) is 5.82. The van der Waals surface area contributed by atoms with Gasteiger partial charge in [-0.05, 0) is 52.1 Å². The van der Waals surface area contributed by atoms with Crippen molar-refractivity contribution in [3.8, 4) is 5.69 Å². The molecule has 2 aromatic rings. The molecule has 1 unspecified atom stereocenters. The normalized spacial score (nSPS) is 16.8. The van der Waals surface area contributed by atoms with Crippen molar-refractivity contribution in [2.45, 2.75) is 45.4 Å². The second kappa shape index (κ2) is 4.76. The Morgan fingerprint density at radius 2 is 1.89 bits per heavy atom. The summed E-state index contributed by atoms with van der Waals surface area (Å²) in [7, 11) is 0. The molecule has 0 spiro atoms. The maximum atomic E-state index is 4.11. The highest BCUT2D eigenvalue weighted by molar-refractivity contribution is 5.50. The Hall–Kier alpha value is -1.71. The Morgan fingerprint density at radius 3 is 2.47 bits per heavy atom. The number of benzene rings is 1. The molecule has 4 heteroatoms. The van der Waals surface area contributed by atoms with Crippen LogP contribution in [-0.4, -0.2) is 20.2 Å². The zero-order valence-corrected chi connectivity index (χ0v) is 11.7. The van der Waals surface area contributed by atoms with Gasteiger partial charge in [0.15, 0.2) is 0 Å². The summed E-state index contributed by atoms with van der Waals surface area (Å²) in [5.74, 6) is 1.88. The minimum absolute atomic E-state index is 0.463. The van der Waals surface area contributed by atoms with Crippen LogP contribution in [0.4, 0.5) is 0 Å². The first-order valence-corrected chi connectivity index (χ1v) is 7.04. The monoisotopic (exact) mass is 256 g/mol. The highest BCUT2D eigenvalue weighted by atomic mass is 15.5. The van der Waals surface area contributed by atoms with Crippen LogP contribution in [0.1, 0.15) is 56.6 Å². The second-order valence-corrected chi connectivity index (χ2v) is 5.82. The summed E-state index contributed by atoms with van der Waals surface area (Å²) in [5, 5.41) is 11.7. The molecule has 1 aliphatic rings. The van der Waals surface area contributed by atoms with Crippen LogP contribution in [0.15, 0.2) is 24.5 Å². The maximum absolute atomic E-state index is 4.11. The van der Waals surface area contributed by atoms with Crippen molar-refractivity contribution < 1.29 is 0 Å². The molecule has 1 saturated carbocycles. The van der Waals surface area contributed by atoms with Gasteiger partial charge in [-0.1, -0.05) is 39.0 Å². The number of rotatable bonds is 4. The van der Waals surface area contributed by atoms with Crippen LogP contribution in [0, 0.1) is 5.92 Å². The number of hydrogen-bond acceptors (Lipinski definition) is 3. The Bertz CT molecular complexity index is 556. The summed E-state index contributed by atoms with van der Waals surface area (Å²) >= 11 is 0. The van der Waals surface area contributed by atoms with E-state index >= 15 is 0 Å². The van der Waals surface area contributed by atoms with Gasteiger partial charge in [0.2, 0.25) is 0 Å². The SMILES string of the molecule is CC(C)c1cccc(C(C)C2CC2)c1-n1cnnn1. The van der Waals surface area contributed by atoms with Gasteiger partial charge in [0.05, 0.1) is 5.69 Å². The lowest BCUT2D eigenvalue weighted by Crippen LogP contribution is -2.09. The van der Waals surface area contributed by atoms with Crippen molar-refractivity contribution in [2.24, 2.45) is 5.92 Å². The zero-order chi connectivity index (χ0) is 13.4. The fraction of sp³-hybridized carbons (Fsp3) is 0.533. The van der Waals surface area contributed by atoms with Crippen molar-refractivity contribution in [2.75, 3.05) is 0 Å². The summed E-state index contributed by atoms with van der Waals surface area (Å²) in [4.78, 5) is 0. The van der Waals surface area contributed by atoms with E-state index in [4.69, 9.17) is 0 Å². The van der Waals surface area contributed by atoms with Crippen LogP contribution in [-0.2, 0) is 0 Å². The number of tetrazole rings is 1. The minimum Gasteiger partial charge on any atom is -0.200 e. The molecule has 3 rings (SSSR count). The fourth-order valence-electron chi connectivity index (χ4n) is 2.79. The van der Waals surface area contributed by atoms with Crippen LogP contribution >= 0.6 is 0 Å². The van der Waals surface area contributed by atoms with Gasteiger partial charge >= 0.3 is 0 Å². The van der Waals surface area contributed by atoms with Gasteiger partial charge in [0, 0.05) is 0 Å². The number of nitrogens with zero attached hydrogens (tertiary/aromatic N) is 4. The highest BCUT2D eigenvalue weighted by Crippen LogP contribution is 2.44. The molecule has 4 nitrogen and oxygen atoms in total. The standard InChI is InChI=1S/C15H20N4/c1-10(2)13-5-4-6-14(11(3)12-7-8-12)15(13)19-9-16-17-18-19/h4-6,9-12H,7-8H2,1-3H3. The molecule has 19 heavy (non-hydrogen) atoms. The third-order valence-corrected chi connectivity index (χ3v) is 4.12. The molecule has 100 valence electrons. The van der Waals surface area contributed by atoms with Crippen LogP contribution < -0.4 is 0 Å². The molecule has 1 aliphatic carbocycles. The van der Waals surface area contributed by atoms with Crippen molar-refractivity contribution in [3.63, 3.8) is 0 Å². The van der Waals surface area contributed by atoms with E-state index < -0.39 is 0 Å². The summed E-state index contributed by atoms with van der Waals surface area (Å²) in [6.07, 6.45) is 4.40. The van der Waals surface area contributed by atoms with Crippen LogP contribution in [0.2, 0.25) is 0 Å². The number of hydrogen-bond donors (Lipinski definition) is 0. The first-order chi connectivity index (χ1) is 9.18. The van der Waals surface area contributed by atoms with E-state index in [1.807, 2.05) is 4.68 Å². The van der Waals surface area contributed by atoms with E-state index in [9.17, 15) is 0 Å². The first kappa shape index (κ1) is 12.3. The van der Waals surface area contributed by atoms with Gasteiger partial charge in [0.25, 0.3) is 0 Å². The number of aromatic nitrogens is 4. The molecule has 0 saturated heterocycles. The van der Waals surface area contributed by atoms with Crippen LogP contribution in [0.5, 0.6) is 0 Å². The lowest BCUT2D eigenvalue weighted by atomic mass is 9.89. The maximum Gasteiger partial charge on any atom is 0.143 e. The topological polar surface area (TPSA) is 43.6 Å². The van der Waals surface area contributed by atoms with Gasteiger partial charge in [-0.15, -0.1) is 5.10 Å². The lowest BCUT2D eigenvalue weighted by molar-refractivity contribution is 0.647. The predicted molar refractivity (Wildman–Crippen MR) is 74.4 cm³/mol. The van der Waals surface area contributed by atoms with Crippen molar-refractivity contribution >= 4 is 0 Å². The molecule has 1 atom stereocenters. The van der Waals surface area contributed by atoms with Gasteiger partial charge in [-0.3, -0.25) is 0 Å². The Morgan fingerprint density at radius 1 is 1.16 bits per heavy atom. The van der Waals surface area contributed by atoms with Crippen molar-refractivity contribution in [3.05, 3.63) is 35.7 Å². The third-order valence-electron chi connectivity index (χ3n) is 4.12. The molecule has 1 aromatic heterocycles. The van der Waals surface area contributed by atoms with E-state index in [1.165, 1.54) is 29.7 Å². The van der Waals surface area contributed by atoms with Gasteiger partial charge in [0.1, 0.15) is 6.33 Å².